The van der Waals surface area contributed by atoms with Crippen molar-refractivity contribution >= 4 is 30.1 Å². The summed E-state index contributed by atoms with van der Waals surface area (Å²) in [5, 5.41) is 8.74. The molecule has 0 saturated carbocycles. The summed E-state index contributed by atoms with van der Waals surface area (Å²) in [5.74, 6) is 3.67. The van der Waals surface area contributed by atoms with Crippen LogP contribution in [-0.4, -0.2) is 101 Å². The third-order valence-electron chi connectivity index (χ3n) is 6.33. The highest BCUT2D eigenvalue weighted by Crippen LogP contribution is 2.29. The van der Waals surface area contributed by atoms with E-state index < -0.39 is 0 Å². The Balaban J connectivity index is 0. The fraction of sp³-hybridized carbons (Fsp3) is 0.526. The van der Waals surface area contributed by atoms with Gasteiger partial charge >= 0.3 is 0 Å². The van der Waals surface area contributed by atoms with E-state index in [1.54, 1.807) is 14.0 Å². The maximum Gasteiger partial charge on any atom is 0.251 e. The number of aliphatic imine (C=N–C) groups is 2. The van der Waals surface area contributed by atoms with Gasteiger partial charge in [-0.25, -0.2) is 0 Å². The molecule has 10 heteroatoms. The number of carbonyl (C=O) groups excluding carboxylic acids is 2. The van der Waals surface area contributed by atoms with Crippen LogP contribution in [0.3, 0.4) is 0 Å². The Kier molecular flexibility index (Phi) is 27.7. The molecule has 1 heterocycles. The lowest BCUT2D eigenvalue weighted by Crippen LogP contribution is -2.37. The van der Waals surface area contributed by atoms with E-state index in [1.165, 1.54) is 12.6 Å². The number of amidine groups is 1. The predicted molar refractivity (Wildman–Crippen MR) is 207 cm³/mol. The number of rotatable bonds is 15. The molecule has 1 aliphatic rings. The lowest BCUT2D eigenvalue weighted by molar-refractivity contribution is -0.108. The van der Waals surface area contributed by atoms with Crippen LogP contribution in [0.25, 0.3) is 0 Å². The molecule has 1 fully saturated rings. The first-order chi connectivity index (χ1) is 22.9. The van der Waals surface area contributed by atoms with Crippen LogP contribution in [0.1, 0.15) is 76.2 Å². The molecule has 0 bridgehead atoms. The van der Waals surface area contributed by atoms with Crippen molar-refractivity contribution in [2.75, 3.05) is 66.3 Å². The molecule has 0 aromatic heterocycles. The Bertz CT molecular complexity index is 1230. The van der Waals surface area contributed by atoms with Gasteiger partial charge in [-0.3, -0.25) is 24.5 Å². The fourth-order valence-electron chi connectivity index (χ4n) is 4.19. The molecule has 1 atom stereocenters. The van der Waals surface area contributed by atoms with E-state index >= 15 is 0 Å². The first-order valence-corrected chi connectivity index (χ1v) is 16.7. The largest absolute Gasteiger partial charge is 0.491 e. The Morgan fingerprint density at radius 1 is 1.25 bits per heavy atom. The van der Waals surface area contributed by atoms with Gasteiger partial charge in [0.15, 0.2) is 0 Å². The average molecular weight is 666 g/mol. The SMILES string of the molecule is C#CC/C=C\C(=C)CN1CCC(NC(=O)c2cc(OCCCN(C)C)c(NC)cc2C)C1.C=C(C)N=CC(=NC)NC=O.CC.CCC. The van der Waals surface area contributed by atoms with E-state index in [0.717, 1.165) is 55.8 Å². The Labute approximate surface area is 291 Å². The molecule has 1 unspecified atom stereocenters. The highest BCUT2D eigenvalue weighted by molar-refractivity contribution is 6.31. The van der Waals surface area contributed by atoms with Crippen molar-refractivity contribution in [2.24, 2.45) is 9.98 Å². The number of hydrogen-bond acceptors (Lipinski definition) is 8. The van der Waals surface area contributed by atoms with E-state index in [4.69, 9.17) is 11.2 Å². The van der Waals surface area contributed by atoms with Crippen LogP contribution < -0.4 is 20.7 Å². The van der Waals surface area contributed by atoms with E-state index in [9.17, 15) is 9.59 Å². The lowest BCUT2D eigenvalue weighted by Gasteiger charge is -2.19. The van der Waals surface area contributed by atoms with E-state index in [-0.39, 0.29) is 11.9 Å². The smallest absolute Gasteiger partial charge is 0.251 e. The van der Waals surface area contributed by atoms with Gasteiger partial charge in [0.05, 0.1) is 18.5 Å². The molecular formula is C38H63N7O3. The number of carbonyl (C=O) groups is 2. The zero-order valence-corrected chi connectivity index (χ0v) is 31.4. The molecule has 1 saturated heterocycles. The summed E-state index contributed by atoms with van der Waals surface area (Å²) in [6, 6.07) is 3.96. The van der Waals surface area contributed by atoms with Crippen molar-refractivity contribution in [3.8, 4) is 18.1 Å². The molecule has 0 aliphatic carbocycles. The summed E-state index contributed by atoms with van der Waals surface area (Å²) >= 11 is 0. The van der Waals surface area contributed by atoms with Crippen molar-refractivity contribution in [3.05, 3.63) is 59.8 Å². The van der Waals surface area contributed by atoms with Crippen molar-refractivity contribution in [1.82, 2.24) is 20.4 Å². The van der Waals surface area contributed by atoms with Crippen molar-refractivity contribution < 1.29 is 14.3 Å². The van der Waals surface area contributed by atoms with Crippen LogP contribution in [0.2, 0.25) is 0 Å². The van der Waals surface area contributed by atoms with Crippen LogP contribution in [0.5, 0.6) is 5.75 Å². The molecule has 0 spiro atoms. The van der Waals surface area contributed by atoms with Gasteiger partial charge in [-0.2, -0.15) is 0 Å². The van der Waals surface area contributed by atoms with Crippen LogP contribution in [0.4, 0.5) is 5.69 Å². The normalized spacial score (nSPS) is 14.0. The van der Waals surface area contributed by atoms with Crippen molar-refractivity contribution in [2.45, 2.75) is 73.3 Å². The third kappa shape index (κ3) is 21.6. The minimum absolute atomic E-state index is 0.0529. The highest BCUT2D eigenvalue weighted by atomic mass is 16.5. The number of nitrogens with one attached hydrogen (secondary N) is 3. The zero-order chi connectivity index (χ0) is 36.9. The first kappa shape index (κ1) is 45.9. The number of nitrogens with zero attached hydrogens (tertiary/aromatic N) is 4. The molecule has 268 valence electrons. The second-order valence-electron chi connectivity index (χ2n) is 11.2. The molecule has 0 radical (unpaired) electrons. The maximum atomic E-state index is 13.0. The van der Waals surface area contributed by atoms with E-state index in [2.05, 4.69) is 68.7 Å². The van der Waals surface area contributed by atoms with Crippen LogP contribution in [0.15, 0.2) is 58.7 Å². The average Bonchev–Trinajstić information content (AvgIpc) is 3.49. The van der Waals surface area contributed by atoms with Crippen molar-refractivity contribution in [3.63, 3.8) is 0 Å². The minimum atomic E-state index is -0.0529. The molecular weight excluding hydrogens is 602 g/mol. The number of ether oxygens (including phenoxy) is 1. The summed E-state index contributed by atoms with van der Waals surface area (Å²) in [5.41, 5.74) is 4.18. The van der Waals surface area contributed by atoms with E-state index in [1.807, 2.05) is 66.2 Å². The van der Waals surface area contributed by atoms with Crippen LogP contribution >= 0.6 is 0 Å². The summed E-state index contributed by atoms with van der Waals surface area (Å²) in [6.07, 6.45) is 14.9. The number of likely N-dealkylation sites (tertiary alicyclic amines) is 1. The summed E-state index contributed by atoms with van der Waals surface area (Å²) < 4.78 is 5.99. The number of allylic oxidation sites excluding steroid dienone is 2. The van der Waals surface area contributed by atoms with Gasteiger partial charge in [-0.15, -0.1) is 12.3 Å². The maximum absolute atomic E-state index is 13.0. The Morgan fingerprint density at radius 2 is 1.92 bits per heavy atom. The standard InChI is InChI=1S/C26H38N4O2.C7H11N3O.C3H8.C2H6/c1-7-8-9-11-20(2)18-30-14-12-22(19-30)28-26(31)23-17-25(24(27-4)16-21(23)3)32-15-10-13-29(5)6;1-6(2)9-4-7(8-3)10-5-11;1-3-2;1-2/h1,9,11,16-17,22,27H,2,8,10,12-15,18-19H2,3-6H3,(H,28,31);4-5H,1H2,2-3H3,(H,8,10,11);3H2,1-2H3;1-2H3/b11-9-;;;. The molecule has 2 amide bonds. The van der Waals surface area contributed by atoms with Gasteiger partial charge < -0.3 is 25.6 Å². The number of benzene rings is 1. The van der Waals surface area contributed by atoms with Gasteiger partial charge in [-0.1, -0.05) is 59.4 Å². The lowest BCUT2D eigenvalue weighted by atomic mass is 10.1. The topological polar surface area (TPSA) is 111 Å². The van der Waals surface area contributed by atoms with Gasteiger partial charge in [0.1, 0.15) is 11.6 Å². The van der Waals surface area contributed by atoms with Crippen LogP contribution in [0, 0.1) is 19.3 Å². The minimum Gasteiger partial charge on any atom is -0.491 e. The Morgan fingerprint density at radius 3 is 2.46 bits per heavy atom. The summed E-state index contributed by atoms with van der Waals surface area (Å²) in [4.78, 5) is 35.0. The molecule has 1 aromatic carbocycles. The molecule has 1 aromatic rings. The van der Waals surface area contributed by atoms with Gasteiger partial charge in [0, 0.05) is 64.0 Å². The van der Waals surface area contributed by atoms with Gasteiger partial charge in [0.25, 0.3) is 5.91 Å². The highest BCUT2D eigenvalue weighted by Gasteiger charge is 2.25. The number of aryl methyl sites for hydroxylation is 1. The molecule has 10 nitrogen and oxygen atoms in total. The molecule has 48 heavy (non-hydrogen) atoms. The summed E-state index contributed by atoms with van der Waals surface area (Å²) in [6.45, 7) is 23.7. The number of hydrogen-bond donors (Lipinski definition) is 3. The number of amides is 2. The van der Waals surface area contributed by atoms with Crippen LogP contribution in [-0.2, 0) is 4.79 Å². The number of terminal acetylenes is 1. The zero-order valence-electron chi connectivity index (χ0n) is 31.4. The van der Waals surface area contributed by atoms with Gasteiger partial charge in [-0.05, 0) is 64.1 Å². The fourth-order valence-corrected chi connectivity index (χ4v) is 4.19. The van der Waals surface area contributed by atoms with E-state index in [0.29, 0.717) is 42.3 Å². The third-order valence-corrected chi connectivity index (χ3v) is 6.33. The monoisotopic (exact) mass is 665 g/mol. The number of anilines is 1. The van der Waals surface area contributed by atoms with Crippen molar-refractivity contribution in [1.29, 1.82) is 0 Å². The summed E-state index contributed by atoms with van der Waals surface area (Å²) in [7, 11) is 7.52. The molecule has 2 rings (SSSR count). The Hall–Kier alpha value is -4.20. The molecule has 3 N–H and O–H groups in total. The first-order valence-electron chi connectivity index (χ1n) is 16.7. The predicted octanol–water partition coefficient (Wildman–Crippen LogP) is 6.11. The quantitative estimate of drug-likeness (QED) is 0.0521. The molecule has 1 aliphatic heterocycles. The second kappa shape index (κ2) is 29.0. The second-order valence-corrected chi connectivity index (χ2v) is 11.2. The van der Waals surface area contributed by atoms with Gasteiger partial charge in [0.2, 0.25) is 6.41 Å².